The molecular weight excluding hydrogens is 311 g/mol. The first kappa shape index (κ1) is 14.8. The van der Waals surface area contributed by atoms with Gasteiger partial charge in [0, 0.05) is 13.6 Å². The van der Waals surface area contributed by atoms with E-state index < -0.39 is 6.10 Å². The van der Waals surface area contributed by atoms with Crippen LogP contribution in [0.5, 0.6) is 0 Å². The maximum Gasteiger partial charge on any atom is 0.229 e. The van der Waals surface area contributed by atoms with Crippen LogP contribution in [0.2, 0.25) is 0 Å². The molecule has 2 aromatic heterocycles. The van der Waals surface area contributed by atoms with Gasteiger partial charge in [0.15, 0.2) is 5.65 Å². The predicted octanol–water partition coefficient (Wildman–Crippen LogP) is 1.40. The Hall–Kier alpha value is -2.74. The van der Waals surface area contributed by atoms with Crippen LogP contribution in [0.3, 0.4) is 0 Å². The van der Waals surface area contributed by atoms with Gasteiger partial charge in [-0.15, -0.1) is 0 Å². The van der Waals surface area contributed by atoms with Crippen molar-refractivity contribution in [3.05, 3.63) is 41.8 Å². The lowest BCUT2D eigenvalue weighted by Crippen LogP contribution is -2.26. The van der Waals surface area contributed by atoms with Gasteiger partial charge in [0.2, 0.25) is 5.95 Å². The maximum atomic E-state index is 13.2. The van der Waals surface area contributed by atoms with Crippen molar-refractivity contribution in [3.63, 3.8) is 0 Å². The summed E-state index contributed by atoms with van der Waals surface area (Å²) in [6.07, 6.45) is 1.65. The average molecular weight is 328 g/mol. The van der Waals surface area contributed by atoms with Gasteiger partial charge >= 0.3 is 0 Å². The highest BCUT2D eigenvalue weighted by molar-refractivity contribution is 5.86. The third kappa shape index (κ3) is 2.35. The van der Waals surface area contributed by atoms with Gasteiger partial charge in [0.25, 0.3) is 0 Å². The summed E-state index contributed by atoms with van der Waals surface area (Å²) < 4.78 is 14.8. The zero-order valence-corrected chi connectivity index (χ0v) is 13.1. The number of aliphatic hydroxyl groups is 1. The molecule has 24 heavy (non-hydrogen) atoms. The number of nitrogens with two attached hydrogens (primary N) is 1. The van der Waals surface area contributed by atoms with E-state index in [-0.39, 0.29) is 11.9 Å². The fraction of sp³-hybridized carbons (Fsp3) is 0.312. The van der Waals surface area contributed by atoms with Crippen LogP contribution in [0.25, 0.3) is 11.0 Å². The number of rotatable bonds is 2. The van der Waals surface area contributed by atoms with Crippen molar-refractivity contribution < 1.29 is 9.50 Å². The van der Waals surface area contributed by atoms with Gasteiger partial charge in [-0.3, -0.25) is 4.68 Å². The minimum Gasteiger partial charge on any atom is -0.391 e. The number of β-amino-alcohol motifs (C(OH)–C–C–N with tert-alkyl or cyclic N) is 1. The molecule has 4 rings (SSSR count). The summed E-state index contributed by atoms with van der Waals surface area (Å²) in [6, 6.07) is 6.13. The van der Waals surface area contributed by atoms with Crippen LogP contribution in [-0.4, -0.2) is 37.5 Å². The average Bonchev–Trinajstić information content (AvgIpc) is 3.12. The molecule has 1 aliphatic rings. The number of nitrogen functional groups attached to an aromatic ring is 1. The van der Waals surface area contributed by atoms with Crippen molar-refractivity contribution >= 4 is 22.8 Å². The summed E-state index contributed by atoms with van der Waals surface area (Å²) in [5.74, 6) is 0.498. The molecule has 0 spiro atoms. The molecule has 0 amide bonds. The van der Waals surface area contributed by atoms with Crippen molar-refractivity contribution in [3.8, 4) is 0 Å². The number of benzene rings is 1. The second kappa shape index (κ2) is 5.41. The van der Waals surface area contributed by atoms with Crippen LogP contribution >= 0.6 is 0 Å². The smallest absolute Gasteiger partial charge is 0.229 e. The second-order valence-electron chi connectivity index (χ2n) is 6.02. The van der Waals surface area contributed by atoms with E-state index in [1.54, 1.807) is 30.1 Å². The number of aromatic nitrogens is 4. The van der Waals surface area contributed by atoms with Crippen molar-refractivity contribution in [2.75, 3.05) is 17.2 Å². The minimum absolute atomic E-state index is 0.134. The molecule has 0 bridgehead atoms. The molecule has 3 heterocycles. The van der Waals surface area contributed by atoms with Crippen LogP contribution < -0.4 is 10.6 Å². The number of fused-ring (bicyclic) bond motifs is 1. The predicted molar refractivity (Wildman–Crippen MR) is 87.8 cm³/mol. The Morgan fingerprint density at radius 3 is 2.75 bits per heavy atom. The lowest BCUT2D eigenvalue weighted by atomic mass is 10.0. The van der Waals surface area contributed by atoms with E-state index in [4.69, 9.17) is 5.73 Å². The monoisotopic (exact) mass is 328 g/mol. The van der Waals surface area contributed by atoms with Crippen molar-refractivity contribution in [2.45, 2.75) is 18.6 Å². The Labute approximate surface area is 137 Å². The fourth-order valence-electron chi connectivity index (χ4n) is 3.20. The molecule has 0 unspecified atom stereocenters. The molecule has 3 N–H and O–H groups in total. The highest BCUT2D eigenvalue weighted by Gasteiger charge is 2.34. The van der Waals surface area contributed by atoms with E-state index in [0.29, 0.717) is 35.8 Å². The first-order valence-corrected chi connectivity index (χ1v) is 7.68. The summed E-state index contributed by atoms with van der Waals surface area (Å²) in [6.45, 7) is 0.394. The normalized spacial score (nSPS) is 20.9. The highest BCUT2D eigenvalue weighted by atomic mass is 19.1. The molecule has 124 valence electrons. The molecule has 1 fully saturated rings. The van der Waals surface area contributed by atoms with Gasteiger partial charge in [0.1, 0.15) is 11.6 Å². The van der Waals surface area contributed by atoms with E-state index in [1.807, 2.05) is 4.90 Å². The van der Waals surface area contributed by atoms with Crippen molar-refractivity contribution in [1.29, 1.82) is 0 Å². The van der Waals surface area contributed by atoms with Crippen LogP contribution in [0.15, 0.2) is 30.5 Å². The lowest BCUT2D eigenvalue weighted by Gasteiger charge is -2.25. The Morgan fingerprint density at radius 1 is 1.25 bits per heavy atom. The standard InChI is InChI=1S/C16H17FN6O/c1-22-15-12(7-19-22)14(18)20-16(21-15)23-8-11(24)6-13(23)9-2-4-10(17)5-3-9/h2-5,7,11,13,24H,6,8H2,1H3,(H2,18,20,21)/t11-,13+/m0/s1. The molecule has 1 saturated heterocycles. The summed E-state index contributed by atoms with van der Waals surface area (Å²) in [5.41, 5.74) is 7.57. The zero-order chi connectivity index (χ0) is 16.8. The van der Waals surface area contributed by atoms with Gasteiger partial charge in [-0.05, 0) is 24.1 Å². The Kier molecular flexibility index (Phi) is 3.34. The number of aryl methyl sites for hydroxylation is 1. The Morgan fingerprint density at radius 2 is 2.00 bits per heavy atom. The number of halogens is 1. The number of anilines is 2. The van der Waals surface area contributed by atoms with E-state index in [9.17, 15) is 9.50 Å². The van der Waals surface area contributed by atoms with E-state index in [2.05, 4.69) is 15.1 Å². The van der Waals surface area contributed by atoms with Crippen molar-refractivity contribution in [1.82, 2.24) is 19.7 Å². The first-order valence-electron chi connectivity index (χ1n) is 7.68. The molecule has 7 nitrogen and oxygen atoms in total. The van der Waals surface area contributed by atoms with Gasteiger partial charge in [-0.2, -0.15) is 15.1 Å². The number of hydrogen-bond acceptors (Lipinski definition) is 6. The highest BCUT2D eigenvalue weighted by Crippen LogP contribution is 2.35. The number of nitrogens with zero attached hydrogens (tertiary/aromatic N) is 5. The third-order valence-corrected chi connectivity index (χ3v) is 4.40. The molecule has 8 heteroatoms. The maximum absolute atomic E-state index is 13.2. The molecule has 3 aromatic rings. The summed E-state index contributed by atoms with van der Waals surface area (Å²) in [5, 5.41) is 15.0. The van der Waals surface area contributed by atoms with E-state index in [0.717, 1.165) is 5.56 Å². The summed E-state index contributed by atoms with van der Waals surface area (Å²) >= 11 is 0. The third-order valence-electron chi connectivity index (χ3n) is 4.40. The molecule has 2 atom stereocenters. The number of hydrogen-bond donors (Lipinski definition) is 2. The quantitative estimate of drug-likeness (QED) is 0.738. The molecular formula is C16H17FN6O. The van der Waals surface area contributed by atoms with Crippen LogP contribution in [-0.2, 0) is 7.05 Å². The minimum atomic E-state index is -0.507. The van der Waals surface area contributed by atoms with Gasteiger partial charge in [-0.1, -0.05) is 12.1 Å². The van der Waals surface area contributed by atoms with Crippen LogP contribution in [0.4, 0.5) is 16.2 Å². The largest absolute Gasteiger partial charge is 0.391 e. The van der Waals surface area contributed by atoms with Gasteiger partial charge in [-0.25, -0.2) is 4.39 Å². The molecule has 0 radical (unpaired) electrons. The zero-order valence-electron chi connectivity index (χ0n) is 13.1. The van der Waals surface area contributed by atoms with Crippen LogP contribution in [0, 0.1) is 5.82 Å². The summed E-state index contributed by atoms with van der Waals surface area (Å²) in [4.78, 5) is 10.8. The Balaban J connectivity index is 1.78. The molecule has 0 aliphatic carbocycles. The van der Waals surface area contributed by atoms with E-state index in [1.165, 1.54) is 12.1 Å². The molecule has 0 saturated carbocycles. The fourth-order valence-corrected chi connectivity index (χ4v) is 3.20. The SMILES string of the molecule is Cn1ncc2c(N)nc(N3C[C@@H](O)C[C@@H]3c3ccc(F)cc3)nc21. The first-order chi connectivity index (χ1) is 11.5. The molecule has 1 aliphatic heterocycles. The topological polar surface area (TPSA) is 93.1 Å². The van der Waals surface area contributed by atoms with E-state index >= 15 is 0 Å². The van der Waals surface area contributed by atoms with Gasteiger partial charge < -0.3 is 15.7 Å². The van der Waals surface area contributed by atoms with Gasteiger partial charge in [0.05, 0.1) is 23.7 Å². The van der Waals surface area contributed by atoms with Crippen LogP contribution in [0.1, 0.15) is 18.0 Å². The summed E-state index contributed by atoms with van der Waals surface area (Å²) in [7, 11) is 1.79. The number of aliphatic hydroxyl groups excluding tert-OH is 1. The lowest BCUT2D eigenvalue weighted by molar-refractivity contribution is 0.194. The second-order valence-corrected chi connectivity index (χ2v) is 6.02. The Bertz CT molecular complexity index is 893. The van der Waals surface area contributed by atoms with Crippen molar-refractivity contribution in [2.24, 2.45) is 7.05 Å². The molecule has 1 aromatic carbocycles.